The molecule has 0 amide bonds. The second kappa shape index (κ2) is 10.3. The summed E-state index contributed by atoms with van der Waals surface area (Å²) in [5.74, 6) is -0.988. The van der Waals surface area contributed by atoms with Crippen LogP contribution in [0.4, 0.5) is 0 Å². The molecule has 2 atom stereocenters. The molecule has 1 radical (unpaired) electrons. The summed E-state index contributed by atoms with van der Waals surface area (Å²) in [7, 11) is -2.70. The molecule has 0 N–H and O–H groups in total. The Balaban J connectivity index is 1.76. The van der Waals surface area contributed by atoms with Crippen LogP contribution < -0.4 is 0 Å². The highest BCUT2D eigenvalue weighted by Gasteiger charge is 2.67. The Morgan fingerprint density at radius 3 is 1.05 bits per heavy atom. The fourth-order valence-electron chi connectivity index (χ4n) is 6.77. The normalized spacial score (nSPS) is 22.6. The number of rotatable bonds is 4. The quantitative estimate of drug-likeness (QED) is 0.232. The van der Waals surface area contributed by atoms with Gasteiger partial charge in [0.05, 0.1) is 0 Å². The van der Waals surface area contributed by atoms with E-state index in [9.17, 15) is 4.57 Å². The van der Waals surface area contributed by atoms with Crippen molar-refractivity contribution < 1.29 is 23.1 Å². The van der Waals surface area contributed by atoms with Crippen LogP contribution in [-0.2, 0) is 34.3 Å². The van der Waals surface area contributed by atoms with Gasteiger partial charge < -0.3 is 9.47 Å². The second-order valence-corrected chi connectivity index (χ2v) is 12.4. The van der Waals surface area contributed by atoms with E-state index in [0.29, 0.717) is 0 Å². The van der Waals surface area contributed by atoms with Crippen LogP contribution in [0.1, 0.15) is 58.4 Å². The minimum absolute atomic E-state index is 0.736. The van der Waals surface area contributed by atoms with Crippen LogP contribution in [0.3, 0.4) is 0 Å². The van der Waals surface area contributed by atoms with Crippen molar-refractivity contribution >= 4 is 8.25 Å². The van der Waals surface area contributed by atoms with Crippen LogP contribution in [0, 0.1) is 27.7 Å². The van der Waals surface area contributed by atoms with E-state index in [0.717, 1.165) is 44.5 Å². The molecule has 5 nitrogen and oxygen atoms in total. The highest BCUT2D eigenvalue weighted by Crippen LogP contribution is 2.62. The van der Waals surface area contributed by atoms with Gasteiger partial charge in [-0.3, -0.25) is 9.05 Å². The third-order valence-electron chi connectivity index (χ3n) is 8.52. The number of aryl methyl sites for hydroxylation is 4. The molecule has 0 saturated carbocycles. The fourth-order valence-corrected chi connectivity index (χ4v) is 7.88. The molecule has 41 heavy (non-hydrogen) atoms. The summed E-state index contributed by atoms with van der Waals surface area (Å²) in [6.07, 6.45) is -1.47. The first kappa shape index (κ1) is 28.0. The zero-order valence-electron chi connectivity index (χ0n) is 24.4. The van der Waals surface area contributed by atoms with Gasteiger partial charge in [-0.05, 0) is 86.1 Å². The zero-order chi connectivity index (χ0) is 29.0. The molecule has 0 aliphatic carbocycles. The number of fused-ring (bicyclic) bond motifs is 1. The molecule has 0 spiro atoms. The largest absolute Gasteiger partial charge is 0.371 e. The Bertz CT molecular complexity index is 1420. The highest BCUT2D eigenvalue weighted by molar-refractivity contribution is 7.33. The van der Waals surface area contributed by atoms with Gasteiger partial charge in [-0.25, -0.2) is 4.57 Å². The summed E-state index contributed by atoms with van der Waals surface area (Å²) < 4.78 is 41.9. The fraction of sp³-hybridized carbons (Fsp3) is 0.314. The predicted molar refractivity (Wildman–Crippen MR) is 160 cm³/mol. The van der Waals surface area contributed by atoms with Crippen molar-refractivity contribution in [2.45, 2.75) is 70.7 Å². The molecule has 2 fully saturated rings. The van der Waals surface area contributed by atoms with E-state index in [1.54, 1.807) is 0 Å². The Hall–Kier alpha value is -3.18. The zero-order valence-corrected chi connectivity index (χ0v) is 25.3. The number of benzene rings is 4. The van der Waals surface area contributed by atoms with Crippen molar-refractivity contribution in [2.24, 2.45) is 0 Å². The third kappa shape index (κ3) is 4.39. The number of hydrogen-bond acceptors (Lipinski definition) is 5. The second-order valence-electron chi connectivity index (χ2n) is 11.6. The SMILES string of the molecule is Cc1ccccc1C1(c2ccccc2C)O[P](=O)OC(c2ccccc2C)(c2ccccc2C)[C@@H]2OC(C)(C)O[C@H]21. The van der Waals surface area contributed by atoms with Crippen LogP contribution >= 0.6 is 8.25 Å². The summed E-state index contributed by atoms with van der Waals surface area (Å²) in [5, 5.41) is 0. The lowest BCUT2D eigenvalue weighted by atomic mass is 9.69. The van der Waals surface area contributed by atoms with Gasteiger partial charge >= 0.3 is 8.25 Å². The van der Waals surface area contributed by atoms with Crippen LogP contribution in [0.2, 0.25) is 0 Å². The standard InChI is InChI=1S/C35H36O5P/c1-23-15-7-11-19-27(23)34(28-20-12-8-16-24(28)2)31-32(38-33(5,6)37-31)35(40-41(36)39-34,29-21-13-9-17-25(29)3)30-22-14-10-18-26(30)4/h7-22,31-32H,1-6H3/t31-,32-/m1/s1. The molecule has 0 aromatic heterocycles. The summed E-state index contributed by atoms with van der Waals surface area (Å²) >= 11 is 0. The molecule has 211 valence electrons. The first-order chi connectivity index (χ1) is 19.6. The molecule has 2 aliphatic heterocycles. The maximum absolute atomic E-state index is 14.4. The van der Waals surface area contributed by atoms with E-state index in [2.05, 4.69) is 0 Å². The van der Waals surface area contributed by atoms with Crippen LogP contribution in [0.25, 0.3) is 0 Å². The maximum Gasteiger partial charge on any atom is 0.371 e. The minimum atomic E-state index is -2.70. The van der Waals surface area contributed by atoms with Crippen molar-refractivity contribution in [2.75, 3.05) is 0 Å². The summed E-state index contributed by atoms with van der Waals surface area (Å²) in [5.41, 5.74) is 4.83. The van der Waals surface area contributed by atoms with Gasteiger partial charge in [0.25, 0.3) is 0 Å². The Morgan fingerprint density at radius 2 is 0.780 bits per heavy atom. The van der Waals surface area contributed by atoms with Crippen molar-refractivity contribution in [3.8, 4) is 0 Å². The van der Waals surface area contributed by atoms with Gasteiger partial charge in [-0.1, -0.05) is 97.1 Å². The summed E-state index contributed by atoms with van der Waals surface area (Å²) in [4.78, 5) is 0. The maximum atomic E-state index is 14.4. The summed E-state index contributed by atoms with van der Waals surface area (Å²) in [6.45, 7) is 12.0. The summed E-state index contributed by atoms with van der Waals surface area (Å²) in [6, 6.07) is 32.2. The van der Waals surface area contributed by atoms with Crippen LogP contribution in [0.5, 0.6) is 0 Å². The Morgan fingerprint density at radius 1 is 0.512 bits per heavy atom. The van der Waals surface area contributed by atoms with E-state index in [1.807, 2.05) is 139 Å². The minimum Gasteiger partial charge on any atom is -0.341 e. The molecule has 2 saturated heterocycles. The molecular weight excluding hydrogens is 531 g/mol. The average Bonchev–Trinajstić information content (AvgIpc) is 3.23. The predicted octanol–water partition coefficient (Wildman–Crippen LogP) is 8.33. The Kier molecular flexibility index (Phi) is 7.01. The lowest BCUT2D eigenvalue weighted by Gasteiger charge is -2.42. The molecule has 2 heterocycles. The van der Waals surface area contributed by atoms with Gasteiger partial charge in [0, 0.05) is 0 Å². The number of hydrogen-bond donors (Lipinski definition) is 0. The van der Waals surface area contributed by atoms with E-state index < -0.39 is 37.5 Å². The van der Waals surface area contributed by atoms with Crippen LogP contribution in [-0.4, -0.2) is 18.0 Å². The molecule has 4 aromatic carbocycles. The molecule has 0 bridgehead atoms. The van der Waals surface area contributed by atoms with Gasteiger partial charge in [-0.2, -0.15) is 0 Å². The van der Waals surface area contributed by atoms with E-state index in [-0.39, 0.29) is 0 Å². The van der Waals surface area contributed by atoms with E-state index in [1.165, 1.54) is 0 Å². The molecular formula is C35H36O5P. The van der Waals surface area contributed by atoms with Gasteiger partial charge in [0.2, 0.25) is 0 Å². The smallest absolute Gasteiger partial charge is 0.341 e. The van der Waals surface area contributed by atoms with Crippen molar-refractivity contribution in [1.82, 2.24) is 0 Å². The van der Waals surface area contributed by atoms with Crippen molar-refractivity contribution in [3.63, 3.8) is 0 Å². The van der Waals surface area contributed by atoms with Gasteiger partial charge in [0.1, 0.15) is 12.2 Å². The third-order valence-corrected chi connectivity index (χ3v) is 9.39. The first-order valence-corrected chi connectivity index (χ1v) is 15.2. The highest BCUT2D eigenvalue weighted by atomic mass is 31.1. The number of ether oxygens (including phenoxy) is 2. The molecule has 6 rings (SSSR count). The molecule has 6 heteroatoms. The van der Waals surface area contributed by atoms with E-state index in [4.69, 9.17) is 18.5 Å². The molecule has 2 aliphatic rings. The molecule has 4 aromatic rings. The van der Waals surface area contributed by atoms with Crippen LogP contribution in [0.15, 0.2) is 97.1 Å². The van der Waals surface area contributed by atoms with Crippen molar-refractivity contribution in [1.29, 1.82) is 0 Å². The topological polar surface area (TPSA) is 54.0 Å². The van der Waals surface area contributed by atoms with Crippen molar-refractivity contribution in [3.05, 3.63) is 142 Å². The average molecular weight is 568 g/mol. The monoisotopic (exact) mass is 567 g/mol. The Labute approximate surface area is 243 Å². The first-order valence-electron chi connectivity index (χ1n) is 14.1. The lowest BCUT2D eigenvalue weighted by Crippen LogP contribution is -2.54. The lowest BCUT2D eigenvalue weighted by molar-refractivity contribution is -0.174. The van der Waals surface area contributed by atoms with E-state index >= 15 is 0 Å². The van der Waals surface area contributed by atoms with Gasteiger partial charge in [-0.15, -0.1) is 0 Å². The molecule has 0 unspecified atom stereocenters. The van der Waals surface area contributed by atoms with Gasteiger partial charge in [0.15, 0.2) is 17.0 Å².